The summed E-state index contributed by atoms with van der Waals surface area (Å²) in [5, 5.41) is 0. The van der Waals surface area contributed by atoms with Crippen LogP contribution in [0.4, 0.5) is 0 Å². The number of aryl methyl sites for hydroxylation is 1. The van der Waals surface area contributed by atoms with Crippen molar-refractivity contribution in [3.63, 3.8) is 0 Å². The third-order valence-corrected chi connectivity index (χ3v) is 3.06. The SMILES string of the molecule is CCc1ccc(Oc2ccc(COCC(C)=O)cc2)cc1. The first-order valence-electron chi connectivity index (χ1n) is 7.10. The Morgan fingerprint density at radius 1 is 0.905 bits per heavy atom. The summed E-state index contributed by atoms with van der Waals surface area (Å²) in [4.78, 5) is 10.8. The summed E-state index contributed by atoms with van der Waals surface area (Å²) in [7, 11) is 0. The number of hydrogen-bond donors (Lipinski definition) is 0. The molecular weight excluding hydrogens is 264 g/mol. The van der Waals surface area contributed by atoms with Crippen LogP contribution in [-0.2, 0) is 22.6 Å². The summed E-state index contributed by atoms with van der Waals surface area (Å²) in [6.45, 7) is 4.23. The lowest BCUT2D eigenvalue weighted by atomic mass is 10.2. The molecule has 0 aliphatic rings. The first-order chi connectivity index (χ1) is 10.2. The number of benzene rings is 2. The Hall–Kier alpha value is -2.13. The van der Waals surface area contributed by atoms with E-state index in [4.69, 9.17) is 9.47 Å². The van der Waals surface area contributed by atoms with Gasteiger partial charge in [0.25, 0.3) is 0 Å². The van der Waals surface area contributed by atoms with E-state index < -0.39 is 0 Å². The Morgan fingerprint density at radius 2 is 1.43 bits per heavy atom. The van der Waals surface area contributed by atoms with Gasteiger partial charge in [0.05, 0.1) is 6.61 Å². The zero-order chi connectivity index (χ0) is 15.1. The number of carbonyl (C=O) groups is 1. The van der Waals surface area contributed by atoms with Crippen LogP contribution in [0, 0.1) is 0 Å². The lowest BCUT2D eigenvalue weighted by molar-refractivity contribution is -0.121. The Labute approximate surface area is 125 Å². The van der Waals surface area contributed by atoms with E-state index in [-0.39, 0.29) is 12.4 Å². The molecule has 0 N–H and O–H groups in total. The molecule has 0 saturated carbocycles. The standard InChI is InChI=1S/C18H20O3/c1-3-15-4-8-17(9-5-15)21-18-10-6-16(7-11-18)13-20-12-14(2)19/h4-11H,3,12-13H2,1-2H3. The van der Waals surface area contributed by atoms with Crippen LogP contribution in [-0.4, -0.2) is 12.4 Å². The van der Waals surface area contributed by atoms with Crippen LogP contribution in [0.15, 0.2) is 48.5 Å². The van der Waals surface area contributed by atoms with Crippen LogP contribution in [0.5, 0.6) is 11.5 Å². The van der Waals surface area contributed by atoms with Gasteiger partial charge < -0.3 is 9.47 Å². The number of rotatable bonds is 7. The second-order valence-corrected chi connectivity index (χ2v) is 4.94. The van der Waals surface area contributed by atoms with Crippen molar-refractivity contribution in [1.82, 2.24) is 0 Å². The lowest BCUT2D eigenvalue weighted by Gasteiger charge is -2.07. The Bertz CT molecular complexity index is 570. The number of carbonyl (C=O) groups excluding carboxylic acids is 1. The average Bonchev–Trinajstić information content (AvgIpc) is 2.49. The van der Waals surface area contributed by atoms with Gasteiger partial charge in [-0.05, 0) is 48.7 Å². The molecule has 0 bridgehead atoms. The van der Waals surface area contributed by atoms with Gasteiger partial charge in [-0.3, -0.25) is 4.79 Å². The van der Waals surface area contributed by atoms with E-state index in [0.29, 0.717) is 6.61 Å². The highest BCUT2D eigenvalue weighted by molar-refractivity contribution is 5.76. The zero-order valence-electron chi connectivity index (χ0n) is 12.5. The van der Waals surface area contributed by atoms with Crippen molar-refractivity contribution >= 4 is 5.78 Å². The fourth-order valence-corrected chi connectivity index (χ4v) is 1.90. The van der Waals surface area contributed by atoms with Gasteiger partial charge in [-0.1, -0.05) is 31.2 Å². The van der Waals surface area contributed by atoms with Crippen molar-refractivity contribution in [1.29, 1.82) is 0 Å². The zero-order valence-corrected chi connectivity index (χ0v) is 12.5. The van der Waals surface area contributed by atoms with Crippen LogP contribution < -0.4 is 4.74 Å². The third kappa shape index (κ3) is 5.04. The summed E-state index contributed by atoms with van der Waals surface area (Å²) in [6, 6.07) is 15.8. The Balaban J connectivity index is 1.90. The van der Waals surface area contributed by atoms with E-state index >= 15 is 0 Å². The first kappa shape index (κ1) is 15.3. The van der Waals surface area contributed by atoms with Crippen molar-refractivity contribution < 1.29 is 14.3 Å². The third-order valence-electron chi connectivity index (χ3n) is 3.06. The van der Waals surface area contributed by atoms with Crippen LogP contribution in [0.3, 0.4) is 0 Å². The largest absolute Gasteiger partial charge is 0.457 e. The summed E-state index contributed by atoms with van der Waals surface area (Å²) >= 11 is 0. The van der Waals surface area contributed by atoms with E-state index in [9.17, 15) is 4.79 Å². The normalized spacial score (nSPS) is 10.4. The minimum Gasteiger partial charge on any atom is -0.457 e. The molecule has 3 nitrogen and oxygen atoms in total. The van der Waals surface area contributed by atoms with Crippen LogP contribution in [0.2, 0.25) is 0 Å². The minimum atomic E-state index is 0.0329. The smallest absolute Gasteiger partial charge is 0.155 e. The summed E-state index contributed by atoms with van der Waals surface area (Å²) in [6.07, 6.45) is 1.02. The number of ether oxygens (including phenoxy) is 2. The summed E-state index contributed by atoms with van der Waals surface area (Å²) in [5.41, 5.74) is 2.31. The van der Waals surface area contributed by atoms with Gasteiger partial charge in [0.2, 0.25) is 0 Å². The Kier molecular flexibility index (Phi) is 5.52. The number of ketones is 1. The molecule has 2 aromatic rings. The van der Waals surface area contributed by atoms with Gasteiger partial charge in [-0.25, -0.2) is 0 Å². The molecule has 2 rings (SSSR count). The maximum Gasteiger partial charge on any atom is 0.155 e. The molecule has 0 saturated heterocycles. The van der Waals surface area contributed by atoms with Gasteiger partial charge in [0.15, 0.2) is 5.78 Å². The molecule has 3 heteroatoms. The van der Waals surface area contributed by atoms with Gasteiger partial charge in [0, 0.05) is 0 Å². The molecule has 0 radical (unpaired) electrons. The van der Waals surface area contributed by atoms with E-state index in [2.05, 4.69) is 19.1 Å². The molecule has 0 heterocycles. The van der Waals surface area contributed by atoms with Crippen molar-refractivity contribution in [3.05, 3.63) is 59.7 Å². The molecule has 0 aliphatic heterocycles. The molecule has 110 valence electrons. The van der Waals surface area contributed by atoms with Crippen LogP contribution in [0.25, 0.3) is 0 Å². The fourth-order valence-electron chi connectivity index (χ4n) is 1.90. The topological polar surface area (TPSA) is 35.5 Å². The fraction of sp³-hybridized carbons (Fsp3) is 0.278. The molecule has 0 spiro atoms. The lowest BCUT2D eigenvalue weighted by Crippen LogP contribution is -2.03. The molecule has 0 atom stereocenters. The molecule has 0 fully saturated rings. The van der Waals surface area contributed by atoms with E-state index in [1.807, 2.05) is 36.4 Å². The van der Waals surface area contributed by atoms with Crippen molar-refractivity contribution in [2.24, 2.45) is 0 Å². The molecule has 0 aliphatic carbocycles. The highest BCUT2D eigenvalue weighted by Crippen LogP contribution is 2.22. The van der Waals surface area contributed by atoms with Crippen molar-refractivity contribution in [3.8, 4) is 11.5 Å². The number of Topliss-reactive ketones (excluding diaryl/α,β-unsaturated/α-hetero) is 1. The van der Waals surface area contributed by atoms with E-state index in [0.717, 1.165) is 23.5 Å². The second kappa shape index (κ2) is 7.60. The van der Waals surface area contributed by atoms with Gasteiger partial charge in [-0.2, -0.15) is 0 Å². The van der Waals surface area contributed by atoms with Gasteiger partial charge >= 0.3 is 0 Å². The van der Waals surface area contributed by atoms with Crippen molar-refractivity contribution in [2.75, 3.05) is 6.61 Å². The average molecular weight is 284 g/mol. The van der Waals surface area contributed by atoms with E-state index in [1.54, 1.807) is 0 Å². The molecule has 0 unspecified atom stereocenters. The minimum absolute atomic E-state index is 0.0329. The van der Waals surface area contributed by atoms with Crippen LogP contribution in [0.1, 0.15) is 25.0 Å². The maximum atomic E-state index is 10.8. The van der Waals surface area contributed by atoms with E-state index in [1.165, 1.54) is 12.5 Å². The molecule has 2 aromatic carbocycles. The summed E-state index contributed by atoms with van der Waals surface area (Å²) in [5.74, 6) is 1.65. The summed E-state index contributed by atoms with van der Waals surface area (Å²) < 4.78 is 11.1. The maximum absolute atomic E-state index is 10.8. The highest BCUT2D eigenvalue weighted by Gasteiger charge is 2.00. The van der Waals surface area contributed by atoms with Gasteiger partial charge in [0.1, 0.15) is 18.1 Å². The quantitative estimate of drug-likeness (QED) is 0.766. The molecule has 21 heavy (non-hydrogen) atoms. The second-order valence-electron chi connectivity index (χ2n) is 4.94. The monoisotopic (exact) mass is 284 g/mol. The first-order valence-corrected chi connectivity index (χ1v) is 7.10. The van der Waals surface area contributed by atoms with Crippen molar-refractivity contribution in [2.45, 2.75) is 26.9 Å². The molecule has 0 amide bonds. The molecular formula is C18H20O3. The highest BCUT2D eigenvalue weighted by atomic mass is 16.5. The van der Waals surface area contributed by atoms with Crippen LogP contribution >= 0.6 is 0 Å². The Morgan fingerprint density at radius 3 is 1.90 bits per heavy atom. The van der Waals surface area contributed by atoms with Gasteiger partial charge in [-0.15, -0.1) is 0 Å². The molecule has 0 aromatic heterocycles. The predicted molar refractivity (Wildman–Crippen MR) is 82.7 cm³/mol. The number of hydrogen-bond acceptors (Lipinski definition) is 3. The predicted octanol–water partition coefficient (Wildman–Crippen LogP) is 4.15.